The predicted molar refractivity (Wildman–Crippen MR) is 134 cm³/mol. The molecule has 0 saturated carbocycles. The lowest BCUT2D eigenvalue weighted by molar-refractivity contribution is 0.0602. The number of hydrogen-bond donors (Lipinski definition) is 1. The Kier molecular flexibility index (Phi) is 7.16. The van der Waals surface area contributed by atoms with Gasteiger partial charge in [0.05, 0.1) is 17.6 Å². The van der Waals surface area contributed by atoms with Crippen molar-refractivity contribution in [2.45, 2.75) is 52.6 Å². The molecule has 0 fully saturated rings. The van der Waals surface area contributed by atoms with E-state index in [1.165, 1.54) is 7.11 Å². The second-order valence-corrected chi connectivity index (χ2v) is 10.8. The van der Waals surface area contributed by atoms with Crippen molar-refractivity contribution in [3.8, 4) is 21.8 Å². The fourth-order valence-corrected chi connectivity index (χ4v) is 4.36. The average Bonchev–Trinajstić information content (AvgIpc) is 3.37. The molecule has 1 N–H and O–H groups in total. The molecule has 2 aromatic heterocycles. The van der Waals surface area contributed by atoms with Crippen molar-refractivity contribution < 1.29 is 13.9 Å². The third kappa shape index (κ3) is 5.43. The molecule has 5 nitrogen and oxygen atoms in total. The number of carbonyl (C=O) groups excluding carboxylic acids is 1. The second-order valence-electron chi connectivity index (χ2n) is 9.82. The van der Waals surface area contributed by atoms with Gasteiger partial charge >= 0.3 is 5.97 Å². The highest BCUT2D eigenvalue weighted by atomic mass is 32.1. The van der Waals surface area contributed by atoms with E-state index in [-0.39, 0.29) is 11.1 Å². The number of anilines is 1. The van der Waals surface area contributed by atoms with Gasteiger partial charge in [0.25, 0.3) is 0 Å². The Labute approximate surface area is 195 Å². The standard InChI is InChI=1S/C26H34N2O3S/c1-25(2,3)27-15-16-28(26(4,5)6)23-20(18-12-9-8-10-13-18)21(24(29)30-7)22(31-23)19-14-11-17-32-19/h8-14,17,27H,15-16H2,1-7H3. The van der Waals surface area contributed by atoms with Crippen molar-refractivity contribution in [3.63, 3.8) is 0 Å². The maximum Gasteiger partial charge on any atom is 0.342 e. The van der Waals surface area contributed by atoms with Crippen LogP contribution >= 0.6 is 11.3 Å². The lowest BCUT2D eigenvalue weighted by Gasteiger charge is -2.37. The number of ether oxygens (including phenoxy) is 1. The minimum Gasteiger partial charge on any atom is -0.465 e. The van der Waals surface area contributed by atoms with Gasteiger partial charge in [0.1, 0.15) is 5.56 Å². The normalized spacial score (nSPS) is 12.1. The van der Waals surface area contributed by atoms with Gasteiger partial charge in [-0.15, -0.1) is 11.3 Å². The van der Waals surface area contributed by atoms with Crippen molar-refractivity contribution in [1.82, 2.24) is 5.32 Å². The van der Waals surface area contributed by atoms with Gasteiger partial charge in [0, 0.05) is 24.2 Å². The quantitative estimate of drug-likeness (QED) is 0.416. The summed E-state index contributed by atoms with van der Waals surface area (Å²) in [7, 11) is 1.41. The number of rotatable bonds is 7. The van der Waals surface area contributed by atoms with E-state index in [9.17, 15) is 4.79 Å². The molecule has 2 heterocycles. The van der Waals surface area contributed by atoms with Crippen LogP contribution in [0.5, 0.6) is 0 Å². The van der Waals surface area contributed by atoms with E-state index in [1.807, 2.05) is 47.8 Å². The van der Waals surface area contributed by atoms with Crippen LogP contribution in [0.25, 0.3) is 21.8 Å². The minimum atomic E-state index is -0.399. The van der Waals surface area contributed by atoms with Crippen LogP contribution in [-0.4, -0.2) is 37.2 Å². The largest absolute Gasteiger partial charge is 0.465 e. The maximum atomic E-state index is 13.0. The number of esters is 1. The molecule has 0 radical (unpaired) electrons. The topological polar surface area (TPSA) is 54.7 Å². The minimum absolute atomic E-state index is 0.00822. The fourth-order valence-electron chi connectivity index (χ4n) is 3.64. The van der Waals surface area contributed by atoms with Crippen molar-refractivity contribution >= 4 is 23.2 Å². The summed E-state index contributed by atoms with van der Waals surface area (Å²) in [6.07, 6.45) is 0. The Hall–Kier alpha value is -2.57. The molecule has 0 aliphatic rings. The Morgan fingerprint density at radius 2 is 1.75 bits per heavy atom. The summed E-state index contributed by atoms with van der Waals surface area (Å²) >= 11 is 1.54. The Balaban J connectivity index is 2.23. The molecule has 32 heavy (non-hydrogen) atoms. The summed E-state index contributed by atoms with van der Waals surface area (Å²) in [6.45, 7) is 14.4. The number of thiophene rings is 1. The number of nitrogens with one attached hydrogen (secondary N) is 1. The second kappa shape index (κ2) is 9.51. The monoisotopic (exact) mass is 454 g/mol. The maximum absolute atomic E-state index is 13.0. The van der Waals surface area contributed by atoms with E-state index in [4.69, 9.17) is 9.15 Å². The molecule has 0 aliphatic heterocycles. The van der Waals surface area contributed by atoms with Gasteiger partial charge in [0.15, 0.2) is 5.76 Å². The average molecular weight is 455 g/mol. The van der Waals surface area contributed by atoms with Crippen LogP contribution in [-0.2, 0) is 4.74 Å². The van der Waals surface area contributed by atoms with Gasteiger partial charge in [-0.1, -0.05) is 36.4 Å². The van der Waals surface area contributed by atoms with Gasteiger partial charge in [0.2, 0.25) is 5.88 Å². The number of nitrogens with zero attached hydrogens (tertiary/aromatic N) is 1. The van der Waals surface area contributed by atoms with Crippen LogP contribution in [0.4, 0.5) is 5.88 Å². The third-order valence-corrected chi connectivity index (χ3v) is 6.00. The molecule has 0 saturated heterocycles. The highest BCUT2D eigenvalue weighted by molar-refractivity contribution is 7.13. The molecule has 6 heteroatoms. The highest BCUT2D eigenvalue weighted by Gasteiger charge is 2.34. The molecule has 0 spiro atoms. The van der Waals surface area contributed by atoms with Crippen LogP contribution in [0.1, 0.15) is 51.9 Å². The van der Waals surface area contributed by atoms with E-state index in [2.05, 4.69) is 51.8 Å². The van der Waals surface area contributed by atoms with E-state index in [1.54, 1.807) is 11.3 Å². The van der Waals surface area contributed by atoms with E-state index < -0.39 is 5.97 Å². The zero-order valence-corrected chi connectivity index (χ0v) is 20.9. The summed E-state index contributed by atoms with van der Waals surface area (Å²) in [5, 5.41) is 5.55. The fraction of sp³-hybridized carbons (Fsp3) is 0.423. The van der Waals surface area contributed by atoms with Crippen LogP contribution < -0.4 is 10.2 Å². The van der Waals surface area contributed by atoms with Gasteiger partial charge < -0.3 is 19.4 Å². The molecular formula is C26H34N2O3S. The molecule has 172 valence electrons. The Morgan fingerprint density at radius 1 is 1.06 bits per heavy atom. The van der Waals surface area contributed by atoms with Crippen LogP contribution in [0, 0.1) is 0 Å². The third-order valence-electron chi connectivity index (χ3n) is 5.13. The first kappa shape index (κ1) is 24.1. The lowest BCUT2D eigenvalue weighted by atomic mass is 9.98. The van der Waals surface area contributed by atoms with Crippen LogP contribution in [0.2, 0.25) is 0 Å². The SMILES string of the molecule is COC(=O)c1c(-c2cccs2)oc(N(CCNC(C)(C)C)C(C)(C)C)c1-c1ccccc1. The van der Waals surface area contributed by atoms with Crippen molar-refractivity contribution in [1.29, 1.82) is 0 Å². The zero-order chi connectivity index (χ0) is 23.5. The number of hydrogen-bond acceptors (Lipinski definition) is 6. The summed E-state index contributed by atoms with van der Waals surface area (Å²) in [4.78, 5) is 16.2. The molecule has 3 rings (SSSR count). The molecule has 0 amide bonds. The predicted octanol–water partition coefficient (Wildman–Crippen LogP) is 6.45. The molecule has 0 aliphatic carbocycles. The smallest absolute Gasteiger partial charge is 0.342 e. The van der Waals surface area contributed by atoms with Crippen molar-refractivity contribution in [3.05, 3.63) is 53.4 Å². The first-order valence-electron chi connectivity index (χ1n) is 10.9. The lowest BCUT2D eigenvalue weighted by Crippen LogP contribution is -2.48. The number of carbonyl (C=O) groups is 1. The van der Waals surface area contributed by atoms with Gasteiger partial charge in [-0.05, 0) is 58.6 Å². The molecule has 3 aromatic rings. The van der Waals surface area contributed by atoms with E-state index in [0.29, 0.717) is 17.2 Å². The summed E-state index contributed by atoms with van der Waals surface area (Å²) in [5.74, 6) is 0.839. The van der Waals surface area contributed by atoms with Gasteiger partial charge in [-0.25, -0.2) is 4.79 Å². The molecule has 0 atom stereocenters. The first-order valence-corrected chi connectivity index (χ1v) is 11.8. The van der Waals surface area contributed by atoms with E-state index in [0.717, 1.165) is 29.1 Å². The summed E-state index contributed by atoms with van der Waals surface area (Å²) < 4.78 is 11.8. The molecular weight excluding hydrogens is 420 g/mol. The Bertz CT molecular complexity index is 1030. The van der Waals surface area contributed by atoms with Crippen molar-refractivity contribution in [2.24, 2.45) is 0 Å². The van der Waals surface area contributed by atoms with E-state index >= 15 is 0 Å². The van der Waals surface area contributed by atoms with Crippen LogP contribution in [0.15, 0.2) is 52.3 Å². The zero-order valence-electron chi connectivity index (χ0n) is 20.1. The number of benzene rings is 1. The molecule has 1 aromatic carbocycles. The Morgan fingerprint density at radius 3 is 2.28 bits per heavy atom. The molecule has 0 unspecified atom stereocenters. The van der Waals surface area contributed by atoms with Gasteiger partial charge in [-0.2, -0.15) is 0 Å². The summed E-state index contributed by atoms with van der Waals surface area (Å²) in [5.41, 5.74) is 1.93. The number of methoxy groups -OCH3 is 1. The van der Waals surface area contributed by atoms with Crippen LogP contribution in [0.3, 0.4) is 0 Å². The highest BCUT2D eigenvalue weighted by Crippen LogP contribution is 2.46. The molecule has 0 bridgehead atoms. The van der Waals surface area contributed by atoms with Gasteiger partial charge in [-0.3, -0.25) is 0 Å². The van der Waals surface area contributed by atoms with Crippen molar-refractivity contribution in [2.75, 3.05) is 25.1 Å². The first-order chi connectivity index (χ1) is 15.0. The summed E-state index contributed by atoms with van der Waals surface area (Å²) in [6, 6.07) is 13.9. The number of furan rings is 1.